The third kappa shape index (κ3) is 4.61. The van der Waals surface area contributed by atoms with Gasteiger partial charge in [-0.2, -0.15) is 0 Å². The maximum absolute atomic E-state index is 12.2. The van der Waals surface area contributed by atoms with Crippen molar-refractivity contribution in [1.29, 1.82) is 0 Å². The van der Waals surface area contributed by atoms with Crippen LogP contribution >= 0.6 is 0 Å². The first-order chi connectivity index (χ1) is 10.2. The highest BCUT2D eigenvalue weighted by molar-refractivity contribution is 5.89. The topological polar surface area (TPSA) is 82.1 Å². The van der Waals surface area contributed by atoms with Crippen molar-refractivity contribution in [2.24, 2.45) is 5.92 Å². The Bertz CT molecular complexity index is 428. The molecule has 1 aliphatic heterocycles. The summed E-state index contributed by atoms with van der Waals surface area (Å²) in [6, 6.07) is -0.992. The molecular formula is C15H25NO6. The van der Waals surface area contributed by atoms with Gasteiger partial charge in [-0.25, -0.2) is 9.59 Å². The van der Waals surface area contributed by atoms with E-state index in [2.05, 4.69) is 0 Å². The van der Waals surface area contributed by atoms with E-state index in [1.807, 2.05) is 0 Å². The van der Waals surface area contributed by atoms with E-state index in [1.165, 1.54) is 4.90 Å². The van der Waals surface area contributed by atoms with Crippen LogP contribution in [0.15, 0.2) is 0 Å². The van der Waals surface area contributed by atoms with Crippen LogP contribution in [0.5, 0.6) is 0 Å². The van der Waals surface area contributed by atoms with Gasteiger partial charge in [-0.3, -0.25) is 9.69 Å². The molecule has 126 valence electrons. The molecule has 1 saturated heterocycles. The van der Waals surface area contributed by atoms with Gasteiger partial charge in [0, 0.05) is 6.54 Å². The zero-order valence-electron chi connectivity index (χ0n) is 13.9. The molecule has 0 bridgehead atoms. The lowest BCUT2D eigenvalue weighted by Crippen LogP contribution is -2.47. The van der Waals surface area contributed by atoms with Crippen molar-refractivity contribution >= 4 is 18.0 Å². The van der Waals surface area contributed by atoms with Crippen molar-refractivity contribution in [3.8, 4) is 0 Å². The summed E-state index contributed by atoms with van der Waals surface area (Å²) in [6.07, 6.45) is -0.279. The van der Waals surface area contributed by atoms with E-state index < -0.39 is 35.6 Å². The summed E-state index contributed by atoms with van der Waals surface area (Å²) >= 11 is 0. The molecule has 0 aliphatic carbocycles. The molecule has 0 saturated carbocycles. The smallest absolute Gasteiger partial charge is 0.411 e. The Labute approximate surface area is 130 Å². The van der Waals surface area contributed by atoms with Gasteiger partial charge >= 0.3 is 18.0 Å². The second kappa shape index (κ2) is 7.47. The lowest BCUT2D eigenvalue weighted by atomic mass is 10.0. The normalized spacial score (nSPS) is 21.4. The van der Waals surface area contributed by atoms with Crippen molar-refractivity contribution in [3.05, 3.63) is 0 Å². The van der Waals surface area contributed by atoms with Crippen LogP contribution < -0.4 is 0 Å². The van der Waals surface area contributed by atoms with Crippen LogP contribution in [-0.2, 0) is 23.8 Å². The first-order valence-corrected chi connectivity index (χ1v) is 7.54. The summed E-state index contributed by atoms with van der Waals surface area (Å²) in [5, 5.41) is 0. The highest BCUT2D eigenvalue weighted by atomic mass is 16.6. The van der Waals surface area contributed by atoms with Crippen LogP contribution in [0, 0.1) is 5.92 Å². The summed E-state index contributed by atoms with van der Waals surface area (Å²) in [6.45, 7) is 9.23. The number of carbonyl (C=O) groups excluding carboxylic acids is 3. The fourth-order valence-corrected chi connectivity index (χ4v) is 2.33. The maximum Gasteiger partial charge on any atom is 0.411 e. The summed E-state index contributed by atoms with van der Waals surface area (Å²) in [5.41, 5.74) is -0.682. The van der Waals surface area contributed by atoms with Crippen molar-refractivity contribution in [1.82, 2.24) is 4.90 Å². The lowest BCUT2D eigenvalue weighted by Gasteiger charge is -2.28. The first-order valence-electron chi connectivity index (χ1n) is 7.54. The number of rotatable bonds is 4. The second-order valence-corrected chi connectivity index (χ2v) is 6.02. The predicted octanol–water partition coefficient (Wildman–Crippen LogP) is 1.74. The van der Waals surface area contributed by atoms with Crippen molar-refractivity contribution in [2.75, 3.05) is 19.8 Å². The molecule has 0 aromatic rings. The average Bonchev–Trinajstić information content (AvgIpc) is 2.82. The molecule has 2 unspecified atom stereocenters. The highest BCUT2D eigenvalue weighted by Gasteiger charge is 2.48. The van der Waals surface area contributed by atoms with Gasteiger partial charge in [0.15, 0.2) is 0 Å². The van der Waals surface area contributed by atoms with Crippen molar-refractivity contribution in [2.45, 2.75) is 52.7 Å². The quantitative estimate of drug-likeness (QED) is 0.580. The van der Waals surface area contributed by atoms with Crippen molar-refractivity contribution in [3.63, 3.8) is 0 Å². The molecule has 1 rings (SSSR count). The van der Waals surface area contributed by atoms with Gasteiger partial charge in [-0.05, 0) is 41.0 Å². The molecule has 1 aliphatic rings. The van der Waals surface area contributed by atoms with Gasteiger partial charge in [0.25, 0.3) is 0 Å². The molecule has 1 heterocycles. The second-order valence-electron chi connectivity index (χ2n) is 6.02. The fraction of sp³-hybridized carbons (Fsp3) is 0.800. The van der Waals surface area contributed by atoms with E-state index in [1.54, 1.807) is 34.6 Å². The van der Waals surface area contributed by atoms with E-state index >= 15 is 0 Å². The van der Waals surface area contributed by atoms with Gasteiger partial charge in [-0.15, -0.1) is 0 Å². The third-order valence-corrected chi connectivity index (χ3v) is 3.14. The molecule has 22 heavy (non-hydrogen) atoms. The molecule has 0 spiro atoms. The summed E-state index contributed by atoms with van der Waals surface area (Å²) < 4.78 is 15.3. The molecule has 2 atom stereocenters. The molecule has 1 fully saturated rings. The number of nitrogens with zero attached hydrogens (tertiary/aromatic N) is 1. The largest absolute Gasteiger partial charge is 0.466 e. The first kappa shape index (κ1) is 18.3. The Hall–Kier alpha value is -1.79. The standard InChI is InChI=1S/C15H25NO6/c1-6-20-12(17)10-8-9-16(11(10)13(18)21-7-2)14(19)22-15(3,4)5/h10-11H,6-9H2,1-5H3. The van der Waals surface area contributed by atoms with Crippen LogP contribution in [0.25, 0.3) is 0 Å². The predicted molar refractivity (Wildman–Crippen MR) is 78.1 cm³/mol. The number of hydrogen-bond acceptors (Lipinski definition) is 6. The molecule has 7 heteroatoms. The molecule has 0 N–H and O–H groups in total. The molecule has 0 aromatic carbocycles. The van der Waals surface area contributed by atoms with Crippen molar-refractivity contribution < 1.29 is 28.6 Å². The minimum absolute atomic E-state index is 0.174. The van der Waals surface area contributed by atoms with E-state index in [-0.39, 0.29) is 19.8 Å². The number of amides is 1. The zero-order chi connectivity index (χ0) is 16.9. The maximum atomic E-state index is 12.2. The molecule has 0 radical (unpaired) electrons. The van der Waals surface area contributed by atoms with E-state index in [0.717, 1.165) is 0 Å². The number of hydrogen-bond donors (Lipinski definition) is 0. The van der Waals surface area contributed by atoms with Gasteiger partial charge in [0.05, 0.1) is 19.1 Å². The Kier molecular flexibility index (Phi) is 6.20. The van der Waals surface area contributed by atoms with Crippen LogP contribution in [0.4, 0.5) is 4.79 Å². The zero-order valence-corrected chi connectivity index (χ0v) is 13.9. The molecule has 7 nitrogen and oxygen atoms in total. The van der Waals surface area contributed by atoms with Crippen LogP contribution in [-0.4, -0.2) is 54.3 Å². The van der Waals surface area contributed by atoms with Gasteiger partial charge < -0.3 is 14.2 Å². The Morgan fingerprint density at radius 2 is 1.59 bits per heavy atom. The van der Waals surface area contributed by atoms with E-state index in [9.17, 15) is 14.4 Å². The number of carbonyl (C=O) groups is 3. The van der Waals surface area contributed by atoms with E-state index in [4.69, 9.17) is 14.2 Å². The van der Waals surface area contributed by atoms with Crippen LogP contribution in [0.3, 0.4) is 0 Å². The Morgan fingerprint density at radius 3 is 2.09 bits per heavy atom. The monoisotopic (exact) mass is 315 g/mol. The minimum Gasteiger partial charge on any atom is -0.466 e. The summed E-state index contributed by atoms with van der Waals surface area (Å²) in [7, 11) is 0. The minimum atomic E-state index is -0.992. The van der Waals surface area contributed by atoms with Crippen LogP contribution in [0.2, 0.25) is 0 Å². The fourth-order valence-electron chi connectivity index (χ4n) is 2.33. The number of likely N-dealkylation sites (tertiary alicyclic amines) is 1. The molecule has 1 amide bonds. The summed E-state index contributed by atoms with van der Waals surface area (Å²) in [4.78, 5) is 37.7. The van der Waals surface area contributed by atoms with Gasteiger partial charge in [0.2, 0.25) is 0 Å². The SMILES string of the molecule is CCOC(=O)C1CCN(C(=O)OC(C)(C)C)C1C(=O)OCC. The van der Waals surface area contributed by atoms with Crippen LogP contribution in [0.1, 0.15) is 41.0 Å². The Morgan fingerprint density at radius 1 is 1.05 bits per heavy atom. The number of ether oxygens (including phenoxy) is 3. The molecule has 0 aromatic heterocycles. The van der Waals surface area contributed by atoms with Gasteiger partial charge in [-0.1, -0.05) is 0 Å². The van der Waals surface area contributed by atoms with E-state index in [0.29, 0.717) is 6.42 Å². The highest BCUT2D eigenvalue weighted by Crippen LogP contribution is 2.28. The average molecular weight is 315 g/mol. The van der Waals surface area contributed by atoms with Gasteiger partial charge in [0.1, 0.15) is 11.6 Å². The number of esters is 2. The Balaban J connectivity index is 2.94. The molecular weight excluding hydrogens is 290 g/mol. The lowest BCUT2D eigenvalue weighted by molar-refractivity contribution is -0.158. The summed E-state index contributed by atoms with van der Waals surface area (Å²) in [5.74, 6) is -1.82. The third-order valence-electron chi connectivity index (χ3n) is 3.14.